The minimum atomic E-state index is -0.0343. The molecular weight excluding hydrogens is 481 g/mol. The van der Waals surface area contributed by atoms with Gasteiger partial charge in [-0.25, -0.2) is 0 Å². The number of piperazine rings is 1. The Morgan fingerprint density at radius 1 is 1.24 bits per heavy atom. The van der Waals surface area contributed by atoms with E-state index in [-0.39, 0.29) is 35.4 Å². The Morgan fingerprint density at radius 3 is 2.52 bits per heavy atom. The number of rotatable bonds is 4. The van der Waals surface area contributed by atoms with Crippen molar-refractivity contribution in [3.05, 3.63) is 24.2 Å². The van der Waals surface area contributed by atoms with E-state index in [1.807, 2.05) is 11.9 Å². The fourth-order valence-electron chi connectivity index (χ4n) is 4.16. The van der Waals surface area contributed by atoms with Gasteiger partial charge in [-0.2, -0.15) is 0 Å². The normalized spacial score (nSPS) is 21.7. The number of amides is 1. The van der Waals surface area contributed by atoms with Crippen molar-refractivity contribution >= 4 is 35.8 Å². The molecular formula is C21H36IN5O2. The molecule has 0 aromatic carbocycles. The summed E-state index contributed by atoms with van der Waals surface area (Å²) in [6.07, 6.45) is 4.16. The van der Waals surface area contributed by atoms with Crippen LogP contribution in [0.1, 0.15) is 44.2 Å². The summed E-state index contributed by atoms with van der Waals surface area (Å²) in [5.41, 5.74) is 0.0850. The Morgan fingerprint density at radius 2 is 1.93 bits per heavy atom. The Bertz CT molecular complexity index is 669. The standard InChI is InChI=1S/C21H35N5O2.HI/c1-17-7-5-9-26(15-17)21(2,3)16-23-20(22-4)25-12-10-24(11-13-25)19(27)18-8-6-14-28-18;/h6,8,14,17H,5,7,9-13,15-16H2,1-4H3,(H,22,23);1H. The van der Waals surface area contributed by atoms with Crippen LogP contribution in [-0.4, -0.2) is 85.0 Å². The molecule has 7 nitrogen and oxygen atoms in total. The van der Waals surface area contributed by atoms with E-state index in [0.717, 1.165) is 31.5 Å². The van der Waals surface area contributed by atoms with E-state index in [1.54, 1.807) is 18.4 Å². The monoisotopic (exact) mass is 517 g/mol. The number of guanidine groups is 1. The number of hydrogen-bond acceptors (Lipinski definition) is 4. The summed E-state index contributed by atoms with van der Waals surface area (Å²) in [5, 5.41) is 3.58. The highest BCUT2D eigenvalue weighted by atomic mass is 127. The molecule has 164 valence electrons. The van der Waals surface area contributed by atoms with Gasteiger partial charge in [0.25, 0.3) is 5.91 Å². The number of hydrogen-bond donors (Lipinski definition) is 1. The topological polar surface area (TPSA) is 64.3 Å². The third-order valence-corrected chi connectivity index (χ3v) is 6.00. The number of carbonyl (C=O) groups is 1. The molecule has 2 fully saturated rings. The van der Waals surface area contributed by atoms with Crippen LogP contribution in [0.4, 0.5) is 0 Å². The minimum absolute atomic E-state index is 0. The molecule has 2 aliphatic rings. The number of aliphatic imine (C=N–C) groups is 1. The summed E-state index contributed by atoms with van der Waals surface area (Å²) in [7, 11) is 1.83. The van der Waals surface area contributed by atoms with Crippen molar-refractivity contribution < 1.29 is 9.21 Å². The zero-order chi connectivity index (χ0) is 20.1. The van der Waals surface area contributed by atoms with Crippen LogP contribution in [0.25, 0.3) is 0 Å². The second kappa shape index (κ2) is 10.7. The van der Waals surface area contributed by atoms with Crippen LogP contribution in [0, 0.1) is 5.92 Å². The number of furan rings is 1. The van der Waals surface area contributed by atoms with Crippen molar-refractivity contribution in [3.63, 3.8) is 0 Å². The van der Waals surface area contributed by atoms with Gasteiger partial charge in [-0.05, 0) is 51.3 Å². The summed E-state index contributed by atoms with van der Waals surface area (Å²) < 4.78 is 5.24. The summed E-state index contributed by atoms with van der Waals surface area (Å²) in [5.74, 6) is 2.07. The number of nitrogens with one attached hydrogen (secondary N) is 1. The number of carbonyl (C=O) groups excluding carboxylic acids is 1. The lowest BCUT2D eigenvalue weighted by molar-refractivity contribution is 0.0649. The molecule has 1 aromatic rings. The molecule has 0 spiro atoms. The van der Waals surface area contributed by atoms with Gasteiger partial charge in [-0.1, -0.05) is 6.92 Å². The molecule has 3 rings (SSSR count). The molecule has 2 aliphatic heterocycles. The average Bonchev–Trinajstić information content (AvgIpc) is 3.23. The van der Waals surface area contributed by atoms with Gasteiger partial charge in [0.1, 0.15) is 0 Å². The van der Waals surface area contributed by atoms with Crippen LogP contribution in [0.5, 0.6) is 0 Å². The summed E-state index contributed by atoms with van der Waals surface area (Å²) in [6.45, 7) is 13.1. The Kier molecular flexibility index (Phi) is 8.81. The van der Waals surface area contributed by atoms with Gasteiger partial charge in [0.2, 0.25) is 0 Å². The first-order chi connectivity index (χ1) is 13.4. The summed E-state index contributed by atoms with van der Waals surface area (Å²) in [6, 6.07) is 3.47. The smallest absolute Gasteiger partial charge is 0.289 e. The largest absolute Gasteiger partial charge is 0.459 e. The number of piperidine rings is 1. The van der Waals surface area contributed by atoms with Crippen LogP contribution in [0.15, 0.2) is 27.8 Å². The summed E-state index contributed by atoms with van der Waals surface area (Å²) >= 11 is 0. The van der Waals surface area contributed by atoms with E-state index in [1.165, 1.54) is 25.9 Å². The molecule has 1 unspecified atom stereocenters. The van der Waals surface area contributed by atoms with E-state index in [0.29, 0.717) is 18.8 Å². The second-order valence-electron chi connectivity index (χ2n) is 8.66. The molecule has 0 radical (unpaired) electrons. The molecule has 0 bridgehead atoms. The first kappa shape index (κ1) is 24.0. The van der Waals surface area contributed by atoms with Crippen molar-refractivity contribution in [1.29, 1.82) is 0 Å². The third kappa shape index (κ3) is 6.10. The van der Waals surface area contributed by atoms with Gasteiger partial charge in [0.15, 0.2) is 11.7 Å². The second-order valence-corrected chi connectivity index (χ2v) is 8.66. The zero-order valence-corrected chi connectivity index (χ0v) is 20.5. The van der Waals surface area contributed by atoms with Gasteiger partial charge >= 0.3 is 0 Å². The molecule has 0 saturated carbocycles. The minimum Gasteiger partial charge on any atom is -0.459 e. The van der Waals surface area contributed by atoms with Crippen LogP contribution >= 0.6 is 24.0 Å². The van der Waals surface area contributed by atoms with Crippen LogP contribution < -0.4 is 5.32 Å². The van der Waals surface area contributed by atoms with Crippen LogP contribution in [0.3, 0.4) is 0 Å². The van der Waals surface area contributed by atoms with E-state index in [2.05, 4.69) is 40.9 Å². The van der Waals surface area contributed by atoms with E-state index >= 15 is 0 Å². The lowest BCUT2D eigenvalue weighted by Gasteiger charge is -2.44. The predicted molar refractivity (Wildman–Crippen MR) is 127 cm³/mol. The first-order valence-electron chi connectivity index (χ1n) is 10.4. The molecule has 0 aliphatic carbocycles. The first-order valence-corrected chi connectivity index (χ1v) is 10.4. The van der Waals surface area contributed by atoms with Crippen molar-refractivity contribution in [2.24, 2.45) is 10.9 Å². The van der Waals surface area contributed by atoms with E-state index in [4.69, 9.17) is 4.42 Å². The Balaban J connectivity index is 0.00000300. The summed E-state index contributed by atoms with van der Waals surface area (Å²) in [4.78, 5) is 23.6. The maximum atomic E-state index is 12.4. The van der Waals surface area contributed by atoms with Gasteiger partial charge < -0.3 is 19.5 Å². The number of likely N-dealkylation sites (tertiary alicyclic amines) is 1. The quantitative estimate of drug-likeness (QED) is 0.378. The van der Waals surface area contributed by atoms with Crippen molar-refractivity contribution in [2.75, 3.05) is 52.9 Å². The molecule has 1 aromatic heterocycles. The fourth-order valence-corrected chi connectivity index (χ4v) is 4.16. The molecule has 2 saturated heterocycles. The average molecular weight is 517 g/mol. The van der Waals surface area contributed by atoms with Gasteiger partial charge in [-0.15, -0.1) is 24.0 Å². The zero-order valence-electron chi connectivity index (χ0n) is 18.2. The van der Waals surface area contributed by atoms with Gasteiger partial charge in [-0.3, -0.25) is 14.7 Å². The third-order valence-electron chi connectivity index (χ3n) is 6.00. The maximum absolute atomic E-state index is 12.4. The molecule has 1 amide bonds. The Hall–Kier alpha value is -1.29. The molecule has 8 heteroatoms. The van der Waals surface area contributed by atoms with Gasteiger partial charge in [0.05, 0.1) is 6.26 Å². The lowest BCUT2D eigenvalue weighted by atomic mass is 9.93. The highest BCUT2D eigenvalue weighted by Crippen LogP contribution is 2.23. The van der Waals surface area contributed by atoms with E-state index in [9.17, 15) is 4.79 Å². The molecule has 1 N–H and O–H groups in total. The molecule has 29 heavy (non-hydrogen) atoms. The maximum Gasteiger partial charge on any atom is 0.289 e. The van der Waals surface area contributed by atoms with Gasteiger partial charge in [0, 0.05) is 51.9 Å². The lowest BCUT2D eigenvalue weighted by Crippen LogP contribution is -2.58. The fraction of sp³-hybridized carbons (Fsp3) is 0.714. The van der Waals surface area contributed by atoms with E-state index < -0.39 is 0 Å². The van der Waals surface area contributed by atoms with Crippen molar-refractivity contribution in [1.82, 2.24) is 20.0 Å². The number of nitrogens with zero attached hydrogens (tertiary/aromatic N) is 4. The Labute approximate surface area is 191 Å². The highest BCUT2D eigenvalue weighted by molar-refractivity contribution is 14.0. The molecule has 1 atom stereocenters. The van der Waals surface area contributed by atoms with Crippen molar-refractivity contribution in [2.45, 2.75) is 39.2 Å². The number of halogens is 1. The van der Waals surface area contributed by atoms with Crippen LogP contribution in [0.2, 0.25) is 0 Å². The predicted octanol–water partition coefficient (Wildman–Crippen LogP) is 2.74. The van der Waals surface area contributed by atoms with Crippen molar-refractivity contribution in [3.8, 4) is 0 Å². The molecule has 3 heterocycles. The highest BCUT2D eigenvalue weighted by Gasteiger charge is 2.31. The SMILES string of the molecule is CN=C(NCC(C)(C)N1CCCC(C)C1)N1CCN(C(=O)c2ccco2)CC1.I. The van der Waals surface area contributed by atoms with Crippen LogP contribution in [-0.2, 0) is 0 Å².